The number of amides is 1. The number of carboxylic acids is 1. The van der Waals surface area contributed by atoms with E-state index >= 15 is 0 Å². The Kier molecular flexibility index (Phi) is 10.5. The Labute approximate surface area is 235 Å². The van der Waals surface area contributed by atoms with Crippen LogP contribution in [-0.2, 0) is 17.6 Å². The van der Waals surface area contributed by atoms with Crippen LogP contribution in [-0.4, -0.2) is 53.9 Å². The molecule has 0 fully saturated rings. The van der Waals surface area contributed by atoms with Gasteiger partial charge in [-0.25, -0.2) is 4.79 Å². The Morgan fingerprint density at radius 3 is 2.38 bits per heavy atom. The minimum atomic E-state index is -1.01. The molecule has 0 spiro atoms. The van der Waals surface area contributed by atoms with E-state index in [9.17, 15) is 14.7 Å². The molecule has 1 amide bonds. The predicted molar refractivity (Wildman–Crippen MR) is 157 cm³/mol. The van der Waals surface area contributed by atoms with Crippen LogP contribution in [0.2, 0.25) is 0 Å². The molecule has 4 aromatic rings. The van der Waals surface area contributed by atoms with Crippen LogP contribution in [0.3, 0.4) is 0 Å². The summed E-state index contributed by atoms with van der Waals surface area (Å²) in [5.74, 6) is -0.710. The van der Waals surface area contributed by atoms with Crippen molar-refractivity contribution in [1.82, 2.24) is 5.32 Å². The molecule has 4 nitrogen and oxygen atoms in total. The fourth-order valence-electron chi connectivity index (χ4n) is 4.56. The Morgan fingerprint density at radius 1 is 0.892 bits per heavy atom. The number of rotatable bonds is 10. The van der Waals surface area contributed by atoms with E-state index in [0.29, 0.717) is 17.7 Å². The zero-order valence-electron chi connectivity index (χ0n) is 20.7. The maximum atomic E-state index is 13.3. The van der Waals surface area contributed by atoms with Crippen molar-refractivity contribution >= 4 is 53.3 Å². The second-order valence-corrected chi connectivity index (χ2v) is 9.96. The molecule has 0 aliphatic rings. The number of carbonyl (C=O) groups is 2. The van der Waals surface area contributed by atoms with Crippen molar-refractivity contribution in [3.8, 4) is 11.1 Å². The zero-order chi connectivity index (χ0) is 25.5. The molecule has 6 heteroatoms. The third-order valence-corrected chi connectivity index (χ3v) is 7.18. The number of aryl methyl sites for hydroxylation is 3. The van der Waals surface area contributed by atoms with Gasteiger partial charge < -0.3 is 10.4 Å². The molecule has 0 aromatic heterocycles. The number of hydrogen-bond acceptors (Lipinski definition) is 3. The SMILES string of the molecule is CSCCC(NC(=O)c1ccc(CCc2cccc3ccccc23)cc1-c1ccccc1C)C(=O)O.[LiH]. The third kappa shape index (κ3) is 7.08. The minimum absolute atomic E-state index is 0. The average Bonchev–Trinajstić information content (AvgIpc) is 2.89. The summed E-state index contributed by atoms with van der Waals surface area (Å²) in [6.45, 7) is 2.03. The van der Waals surface area contributed by atoms with Crippen molar-refractivity contribution in [3.05, 3.63) is 107 Å². The maximum absolute atomic E-state index is 13.3. The van der Waals surface area contributed by atoms with Gasteiger partial charge in [-0.15, -0.1) is 0 Å². The van der Waals surface area contributed by atoms with Crippen molar-refractivity contribution in [2.45, 2.75) is 32.2 Å². The van der Waals surface area contributed by atoms with E-state index < -0.39 is 12.0 Å². The number of fused-ring (bicyclic) bond motifs is 1. The van der Waals surface area contributed by atoms with Gasteiger partial charge >= 0.3 is 24.8 Å². The molecular formula is C31H32LiNO3S. The van der Waals surface area contributed by atoms with Gasteiger partial charge in [-0.2, -0.15) is 11.8 Å². The van der Waals surface area contributed by atoms with Gasteiger partial charge in [0.25, 0.3) is 5.91 Å². The summed E-state index contributed by atoms with van der Waals surface area (Å²) in [7, 11) is 0. The number of hydrogen-bond donors (Lipinski definition) is 2. The van der Waals surface area contributed by atoms with Gasteiger partial charge in [-0.1, -0.05) is 78.9 Å². The van der Waals surface area contributed by atoms with E-state index in [2.05, 4.69) is 53.8 Å². The standard InChI is InChI=1S/C31H31NO3S.Li.H/c1-21-8-3-5-12-25(21)28-20-22(14-16-24-11-7-10-23-9-4-6-13-26(23)24)15-17-27(28)30(33)32-29(31(34)35)18-19-36-2;;/h3-13,15,17,20,29H,14,16,18-19H2,1-2H3,(H,32,33)(H,34,35);;. The number of benzene rings is 4. The fourth-order valence-corrected chi connectivity index (χ4v) is 5.03. The second-order valence-electron chi connectivity index (χ2n) is 8.98. The van der Waals surface area contributed by atoms with Gasteiger partial charge in [-0.05, 0) is 82.9 Å². The van der Waals surface area contributed by atoms with E-state index in [1.54, 1.807) is 11.8 Å². The number of carbonyl (C=O) groups excluding carboxylic acids is 1. The molecule has 4 aromatic carbocycles. The zero-order valence-corrected chi connectivity index (χ0v) is 21.5. The number of nitrogens with one attached hydrogen (secondary N) is 1. The van der Waals surface area contributed by atoms with Crippen LogP contribution < -0.4 is 5.32 Å². The molecule has 0 saturated heterocycles. The number of aliphatic carboxylic acids is 1. The Morgan fingerprint density at radius 2 is 1.62 bits per heavy atom. The van der Waals surface area contributed by atoms with Crippen molar-refractivity contribution < 1.29 is 14.7 Å². The van der Waals surface area contributed by atoms with Crippen LogP contribution in [0.1, 0.15) is 33.5 Å². The van der Waals surface area contributed by atoms with Crippen LogP contribution in [0.15, 0.2) is 84.9 Å². The van der Waals surface area contributed by atoms with Crippen molar-refractivity contribution in [3.63, 3.8) is 0 Å². The monoisotopic (exact) mass is 505 g/mol. The quantitative estimate of drug-likeness (QED) is 0.264. The van der Waals surface area contributed by atoms with E-state index in [0.717, 1.165) is 35.1 Å². The summed E-state index contributed by atoms with van der Waals surface area (Å²) >= 11 is 1.56. The first-order chi connectivity index (χ1) is 17.5. The third-order valence-electron chi connectivity index (χ3n) is 6.54. The molecule has 1 unspecified atom stereocenters. The second kappa shape index (κ2) is 13.5. The molecular weight excluding hydrogens is 473 g/mol. The molecule has 0 saturated carbocycles. The number of carboxylic acid groups (broad SMARTS) is 1. The summed E-state index contributed by atoms with van der Waals surface area (Å²) in [5.41, 5.74) is 5.80. The predicted octanol–water partition coefficient (Wildman–Crippen LogP) is 5.89. The van der Waals surface area contributed by atoms with Crippen molar-refractivity contribution in [2.75, 3.05) is 12.0 Å². The topological polar surface area (TPSA) is 66.4 Å². The summed E-state index contributed by atoms with van der Waals surface area (Å²) in [5, 5.41) is 14.8. The average molecular weight is 506 g/mol. The van der Waals surface area contributed by atoms with Crippen LogP contribution in [0.5, 0.6) is 0 Å². The molecule has 0 aliphatic carbocycles. The van der Waals surface area contributed by atoms with Crippen LogP contribution in [0.25, 0.3) is 21.9 Å². The van der Waals surface area contributed by atoms with Gasteiger partial charge in [0.05, 0.1) is 0 Å². The van der Waals surface area contributed by atoms with Crippen LogP contribution >= 0.6 is 11.8 Å². The first-order valence-corrected chi connectivity index (χ1v) is 13.6. The van der Waals surface area contributed by atoms with Gasteiger partial charge in [0.2, 0.25) is 0 Å². The van der Waals surface area contributed by atoms with E-state index in [1.165, 1.54) is 16.3 Å². The molecule has 1 atom stereocenters. The summed E-state index contributed by atoms with van der Waals surface area (Å²) in [4.78, 5) is 25.0. The van der Waals surface area contributed by atoms with E-state index in [-0.39, 0.29) is 24.8 Å². The molecule has 0 radical (unpaired) electrons. The normalized spacial score (nSPS) is 11.5. The Hall–Kier alpha value is -2.97. The van der Waals surface area contributed by atoms with Crippen LogP contribution in [0.4, 0.5) is 0 Å². The molecule has 2 N–H and O–H groups in total. The van der Waals surface area contributed by atoms with Crippen molar-refractivity contribution in [2.24, 2.45) is 0 Å². The molecule has 0 bridgehead atoms. The Balaban J connectivity index is 0.00000380. The molecule has 37 heavy (non-hydrogen) atoms. The van der Waals surface area contributed by atoms with E-state index in [1.807, 2.05) is 49.6 Å². The molecule has 0 aliphatic heterocycles. The van der Waals surface area contributed by atoms with Crippen molar-refractivity contribution in [1.29, 1.82) is 0 Å². The van der Waals surface area contributed by atoms with Gasteiger partial charge in [0, 0.05) is 5.56 Å². The van der Waals surface area contributed by atoms with Gasteiger partial charge in [0.1, 0.15) is 6.04 Å². The first-order valence-electron chi connectivity index (χ1n) is 12.2. The summed E-state index contributed by atoms with van der Waals surface area (Å²) < 4.78 is 0. The Bertz CT molecular complexity index is 1380. The van der Waals surface area contributed by atoms with Gasteiger partial charge in [0.15, 0.2) is 0 Å². The fraction of sp³-hybridized carbons (Fsp3) is 0.226. The molecule has 0 heterocycles. The van der Waals surface area contributed by atoms with Gasteiger partial charge in [-0.3, -0.25) is 4.79 Å². The first kappa shape index (κ1) is 28.6. The molecule has 4 rings (SSSR count). The van der Waals surface area contributed by atoms with E-state index in [4.69, 9.17) is 0 Å². The summed E-state index contributed by atoms with van der Waals surface area (Å²) in [6, 6.07) is 27.8. The summed E-state index contributed by atoms with van der Waals surface area (Å²) in [6.07, 6.45) is 4.02. The number of thioether (sulfide) groups is 1. The van der Waals surface area contributed by atoms with Crippen LogP contribution in [0, 0.1) is 6.92 Å². The molecule has 186 valence electrons.